The first-order chi connectivity index (χ1) is 16.7. The quantitative estimate of drug-likeness (QED) is 0.407. The molecule has 2 aliphatic rings. The minimum absolute atomic E-state index is 0.0140. The molecule has 2 saturated heterocycles. The number of hydrogen-bond acceptors (Lipinski definition) is 8. The van der Waals surface area contributed by atoms with Gasteiger partial charge in [0.25, 0.3) is 0 Å². The molecule has 8 atom stereocenters. The number of benzene rings is 1. The summed E-state index contributed by atoms with van der Waals surface area (Å²) in [6.45, 7) is 16.6. The third-order valence-electron chi connectivity index (χ3n) is 7.75. The van der Waals surface area contributed by atoms with Gasteiger partial charge in [-0.05, 0) is 51.0 Å². The number of methoxy groups -OCH3 is 1. The van der Waals surface area contributed by atoms with Crippen molar-refractivity contribution in [3.8, 4) is 0 Å². The number of rotatable bonds is 7. The fourth-order valence-corrected chi connectivity index (χ4v) is 6.51. The topological polar surface area (TPSA) is 92.7 Å². The van der Waals surface area contributed by atoms with Crippen LogP contribution >= 0.6 is 0 Å². The Bertz CT molecular complexity index is 872. The van der Waals surface area contributed by atoms with E-state index in [1.54, 1.807) is 31.4 Å². The molecule has 36 heavy (non-hydrogen) atoms. The first-order valence-corrected chi connectivity index (χ1v) is 15.7. The predicted molar refractivity (Wildman–Crippen MR) is 138 cm³/mol. The summed E-state index contributed by atoms with van der Waals surface area (Å²) in [5, 5.41) is 10.4. The van der Waals surface area contributed by atoms with E-state index in [2.05, 4.69) is 33.9 Å². The molecule has 2 fully saturated rings. The van der Waals surface area contributed by atoms with E-state index in [9.17, 15) is 9.90 Å². The van der Waals surface area contributed by atoms with Crippen LogP contribution in [-0.2, 0) is 28.1 Å². The summed E-state index contributed by atoms with van der Waals surface area (Å²) >= 11 is 0. The maximum Gasteiger partial charge on any atom is 0.338 e. The van der Waals surface area contributed by atoms with E-state index >= 15 is 0 Å². The highest BCUT2D eigenvalue weighted by Gasteiger charge is 2.53. The van der Waals surface area contributed by atoms with Crippen LogP contribution in [-0.4, -0.2) is 75.2 Å². The second kappa shape index (κ2) is 11.2. The zero-order chi connectivity index (χ0) is 26.9. The Labute approximate surface area is 216 Å². The van der Waals surface area contributed by atoms with Crippen molar-refractivity contribution in [2.24, 2.45) is 0 Å². The molecule has 2 aliphatic heterocycles. The van der Waals surface area contributed by atoms with Crippen molar-refractivity contribution in [1.29, 1.82) is 0 Å². The molecule has 0 amide bonds. The summed E-state index contributed by atoms with van der Waals surface area (Å²) in [5.74, 6) is -0.420. The highest BCUT2D eigenvalue weighted by Crippen LogP contribution is 2.44. The van der Waals surface area contributed by atoms with Crippen molar-refractivity contribution in [3.05, 3.63) is 35.9 Å². The van der Waals surface area contributed by atoms with Gasteiger partial charge in [0.1, 0.15) is 12.2 Å². The molecular weight excluding hydrogens is 480 g/mol. The average Bonchev–Trinajstić information content (AvgIpc) is 2.77. The van der Waals surface area contributed by atoms with Gasteiger partial charge in [-0.2, -0.15) is 0 Å². The Morgan fingerprint density at radius 3 is 2.33 bits per heavy atom. The lowest BCUT2D eigenvalue weighted by molar-refractivity contribution is -0.322. The van der Waals surface area contributed by atoms with Gasteiger partial charge in [-0.25, -0.2) is 4.79 Å². The Morgan fingerprint density at radius 2 is 1.75 bits per heavy atom. The largest absolute Gasteiger partial charge is 0.453 e. The van der Waals surface area contributed by atoms with Crippen LogP contribution in [0.1, 0.15) is 64.7 Å². The number of aliphatic hydroxyl groups excluding tert-OH is 1. The van der Waals surface area contributed by atoms with Crippen molar-refractivity contribution in [2.45, 2.75) is 121 Å². The molecular formula is C27H44O8Si. The maximum atomic E-state index is 12.7. The zero-order valence-corrected chi connectivity index (χ0v) is 24.1. The summed E-state index contributed by atoms with van der Waals surface area (Å²) in [6, 6.07) is 8.87. The maximum absolute atomic E-state index is 12.7. The van der Waals surface area contributed by atoms with E-state index in [0.717, 1.165) is 0 Å². The highest BCUT2D eigenvalue weighted by atomic mass is 28.4. The van der Waals surface area contributed by atoms with E-state index in [1.807, 2.05) is 26.8 Å². The summed E-state index contributed by atoms with van der Waals surface area (Å²) in [4.78, 5) is 12.7. The van der Waals surface area contributed by atoms with E-state index in [0.29, 0.717) is 18.4 Å². The van der Waals surface area contributed by atoms with Crippen LogP contribution in [0.5, 0.6) is 0 Å². The summed E-state index contributed by atoms with van der Waals surface area (Å²) in [6.07, 6.45) is -3.25. The Balaban J connectivity index is 1.75. The van der Waals surface area contributed by atoms with Gasteiger partial charge in [0.05, 0.1) is 23.4 Å². The van der Waals surface area contributed by atoms with Crippen molar-refractivity contribution in [3.63, 3.8) is 0 Å². The van der Waals surface area contributed by atoms with Gasteiger partial charge >= 0.3 is 5.97 Å². The standard InChI is InChI=1S/C27H44O8Si/c1-17-23(34-25(29)19-13-11-10-12-14-19)20(30-7)15-22(32-17)33-24-18(2)31-21(28)16-27(24,6)35-36(8,9)26(3,4)5/h10-14,17-18,20-24,28H,15-16H2,1-9H3/t17-,18+,20-,21?,22+,23-,24+,27+/m1/s1. The van der Waals surface area contributed by atoms with Crippen LogP contribution in [0, 0.1) is 0 Å². The van der Waals surface area contributed by atoms with Crippen LogP contribution in [0.2, 0.25) is 18.1 Å². The number of ether oxygens (including phenoxy) is 5. The summed E-state index contributed by atoms with van der Waals surface area (Å²) < 4.78 is 36.8. The van der Waals surface area contributed by atoms with E-state index in [-0.39, 0.29) is 5.04 Å². The second-order valence-electron chi connectivity index (χ2n) is 11.7. The molecule has 0 bridgehead atoms. The van der Waals surface area contributed by atoms with Crippen LogP contribution in [0.25, 0.3) is 0 Å². The molecule has 0 spiro atoms. The summed E-state index contributed by atoms with van der Waals surface area (Å²) in [7, 11) is -0.603. The summed E-state index contributed by atoms with van der Waals surface area (Å²) in [5.41, 5.74) is -0.297. The number of aliphatic hydroxyl groups is 1. The Morgan fingerprint density at radius 1 is 1.11 bits per heavy atom. The molecule has 9 heteroatoms. The van der Waals surface area contributed by atoms with Gasteiger partial charge in [0, 0.05) is 20.0 Å². The highest BCUT2D eigenvalue weighted by molar-refractivity contribution is 6.74. The number of carbonyl (C=O) groups excluding carboxylic acids is 1. The first kappa shape index (κ1) is 29.2. The van der Waals surface area contributed by atoms with E-state index < -0.39 is 63.0 Å². The molecule has 1 aromatic rings. The number of hydrogen-bond donors (Lipinski definition) is 1. The van der Waals surface area contributed by atoms with Crippen LogP contribution in [0.3, 0.4) is 0 Å². The van der Waals surface area contributed by atoms with Crippen molar-refractivity contribution in [2.75, 3.05) is 7.11 Å². The molecule has 1 aromatic carbocycles. The molecule has 0 aromatic heterocycles. The Kier molecular flexibility index (Phi) is 9.08. The monoisotopic (exact) mass is 524 g/mol. The molecule has 1 N–H and O–H groups in total. The minimum Gasteiger partial charge on any atom is -0.453 e. The normalized spacial score (nSPS) is 35.9. The molecule has 0 saturated carbocycles. The molecule has 1 unspecified atom stereocenters. The van der Waals surface area contributed by atoms with Crippen molar-refractivity contribution >= 4 is 14.3 Å². The Hall–Kier alpha value is -1.33. The van der Waals surface area contributed by atoms with Gasteiger partial charge in [-0.3, -0.25) is 0 Å². The van der Waals surface area contributed by atoms with Gasteiger partial charge in [0.15, 0.2) is 27.0 Å². The number of esters is 1. The predicted octanol–water partition coefficient (Wildman–Crippen LogP) is 4.65. The van der Waals surface area contributed by atoms with Gasteiger partial charge in [-0.15, -0.1) is 0 Å². The van der Waals surface area contributed by atoms with Crippen molar-refractivity contribution < 1.29 is 38.0 Å². The lowest BCUT2D eigenvalue weighted by Crippen LogP contribution is -2.63. The SMILES string of the molecule is CO[C@@H]1C[C@H](O[C@H]2[C@H](C)OC(O)C[C@]2(C)O[Si](C)(C)C(C)(C)C)O[C@H](C)[C@H]1OC(=O)c1ccccc1. The molecule has 3 rings (SSSR count). The lowest BCUT2D eigenvalue weighted by Gasteiger charge is -2.52. The van der Waals surface area contributed by atoms with Crippen LogP contribution in [0.4, 0.5) is 0 Å². The zero-order valence-electron chi connectivity index (χ0n) is 23.1. The fraction of sp³-hybridized carbons (Fsp3) is 0.741. The van der Waals surface area contributed by atoms with Gasteiger partial charge < -0.3 is 33.2 Å². The first-order valence-electron chi connectivity index (χ1n) is 12.8. The average molecular weight is 525 g/mol. The van der Waals surface area contributed by atoms with Gasteiger partial charge in [0.2, 0.25) is 0 Å². The number of carbonyl (C=O) groups is 1. The van der Waals surface area contributed by atoms with E-state index in [4.69, 9.17) is 28.1 Å². The smallest absolute Gasteiger partial charge is 0.338 e. The van der Waals surface area contributed by atoms with Crippen LogP contribution < -0.4 is 0 Å². The molecule has 0 aliphatic carbocycles. The fourth-order valence-electron chi connectivity index (χ4n) is 4.83. The third-order valence-corrected chi connectivity index (χ3v) is 12.3. The van der Waals surface area contributed by atoms with Crippen LogP contribution in [0.15, 0.2) is 30.3 Å². The second-order valence-corrected chi connectivity index (χ2v) is 16.5. The van der Waals surface area contributed by atoms with Gasteiger partial charge in [-0.1, -0.05) is 39.0 Å². The molecule has 2 heterocycles. The third kappa shape index (κ3) is 6.56. The molecule has 0 radical (unpaired) electrons. The van der Waals surface area contributed by atoms with Crippen molar-refractivity contribution in [1.82, 2.24) is 0 Å². The lowest BCUT2D eigenvalue weighted by atomic mass is 9.88. The van der Waals surface area contributed by atoms with E-state index in [1.165, 1.54) is 0 Å². The molecule has 204 valence electrons. The minimum atomic E-state index is -2.20. The molecule has 8 nitrogen and oxygen atoms in total.